The molecule has 0 bridgehead atoms. The molecule has 0 unspecified atom stereocenters. The van der Waals surface area contributed by atoms with E-state index in [1.807, 2.05) is 0 Å². The minimum absolute atomic E-state index is 0. The summed E-state index contributed by atoms with van der Waals surface area (Å²) in [5.74, 6) is -0.0733. The van der Waals surface area contributed by atoms with Crippen molar-refractivity contribution in [1.29, 1.82) is 0 Å². The first-order valence-electron chi connectivity index (χ1n) is 7.73. The molecule has 0 radical (unpaired) electrons. The van der Waals surface area contributed by atoms with Crippen LogP contribution in [0.1, 0.15) is 16.8 Å². The van der Waals surface area contributed by atoms with Gasteiger partial charge >= 0.3 is 0 Å². The quantitative estimate of drug-likeness (QED) is 0.824. The third-order valence-electron chi connectivity index (χ3n) is 3.75. The fourth-order valence-electron chi connectivity index (χ4n) is 2.57. The van der Waals surface area contributed by atoms with Crippen molar-refractivity contribution in [3.63, 3.8) is 0 Å². The zero-order valence-corrected chi connectivity index (χ0v) is 15.9. The standard InChI is InChI=1S/C16H19N3O3S2.ClH/c20-16(19-9-3-7-17-8-10-19)13-4-1-5-14(12-13)18-24(21,22)15-6-2-11-23-15;/h1-2,4-6,11-12,17-18H,3,7-10H2;1H. The van der Waals surface area contributed by atoms with E-state index in [0.29, 0.717) is 24.3 Å². The van der Waals surface area contributed by atoms with Gasteiger partial charge in [-0.25, -0.2) is 8.42 Å². The van der Waals surface area contributed by atoms with E-state index in [1.54, 1.807) is 46.7 Å². The first-order valence-corrected chi connectivity index (χ1v) is 10.1. The summed E-state index contributed by atoms with van der Waals surface area (Å²) in [6.07, 6.45) is 0.913. The number of hydrogen-bond acceptors (Lipinski definition) is 5. The van der Waals surface area contributed by atoms with Crippen LogP contribution >= 0.6 is 23.7 Å². The Labute approximate surface area is 157 Å². The second-order valence-electron chi connectivity index (χ2n) is 5.51. The van der Waals surface area contributed by atoms with Crippen molar-refractivity contribution in [3.05, 3.63) is 47.3 Å². The SMILES string of the molecule is Cl.O=C(c1cccc(NS(=O)(=O)c2cccs2)c1)N1CCCNCC1. The number of anilines is 1. The number of rotatable bonds is 4. The minimum atomic E-state index is -3.61. The summed E-state index contributed by atoms with van der Waals surface area (Å²) < 4.78 is 27.4. The van der Waals surface area contributed by atoms with Crippen molar-refractivity contribution >= 4 is 45.4 Å². The predicted octanol–water partition coefficient (Wildman–Crippen LogP) is 2.41. The number of benzene rings is 1. The maximum atomic E-state index is 12.6. The number of carbonyl (C=O) groups is 1. The van der Waals surface area contributed by atoms with Gasteiger partial charge in [0.1, 0.15) is 4.21 Å². The van der Waals surface area contributed by atoms with Gasteiger partial charge in [0.05, 0.1) is 0 Å². The largest absolute Gasteiger partial charge is 0.337 e. The van der Waals surface area contributed by atoms with Gasteiger partial charge in [-0.2, -0.15) is 0 Å². The van der Waals surface area contributed by atoms with Crippen LogP contribution in [0.5, 0.6) is 0 Å². The van der Waals surface area contributed by atoms with Crippen molar-refractivity contribution < 1.29 is 13.2 Å². The van der Waals surface area contributed by atoms with Crippen LogP contribution in [0.4, 0.5) is 5.69 Å². The average Bonchev–Trinajstić information content (AvgIpc) is 2.98. The van der Waals surface area contributed by atoms with Crippen LogP contribution in [-0.2, 0) is 10.0 Å². The van der Waals surface area contributed by atoms with Crippen LogP contribution in [0.25, 0.3) is 0 Å². The van der Waals surface area contributed by atoms with Gasteiger partial charge < -0.3 is 10.2 Å². The fourth-order valence-corrected chi connectivity index (χ4v) is 4.61. The third kappa shape index (κ3) is 4.94. The first-order chi connectivity index (χ1) is 11.6. The summed E-state index contributed by atoms with van der Waals surface area (Å²) in [5, 5.41) is 4.97. The van der Waals surface area contributed by atoms with Crippen LogP contribution < -0.4 is 10.0 Å². The summed E-state index contributed by atoms with van der Waals surface area (Å²) in [7, 11) is -3.61. The molecule has 1 aliphatic heterocycles. The van der Waals surface area contributed by atoms with E-state index < -0.39 is 10.0 Å². The van der Waals surface area contributed by atoms with Crippen molar-refractivity contribution in [3.8, 4) is 0 Å². The fraction of sp³-hybridized carbons (Fsp3) is 0.312. The van der Waals surface area contributed by atoms with Crippen LogP contribution in [0.3, 0.4) is 0 Å². The van der Waals surface area contributed by atoms with Gasteiger partial charge in [-0.05, 0) is 42.6 Å². The van der Waals surface area contributed by atoms with Crippen molar-refractivity contribution in [2.24, 2.45) is 0 Å². The molecular weight excluding hydrogens is 382 g/mol. The lowest BCUT2D eigenvalue weighted by Crippen LogP contribution is -2.34. The maximum Gasteiger partial charge on any atom is 0.271 e. The summed E-state index contributed by atoms with van der Waals surface area (Å²) in [6.45, 7) is 3.04. The lowest BCUT2D eigenvalue weighted by molar-refractivity contribution is 0.0766. The molecule has 2 N–H and O–H groups in total. The van der Waals surface area contributed by atoms with Gasteiger partial charge in [0.25, 0.3) is 15.9 Å². The van der Waals surface area contributed by atoms with Crippen molar-refractivity contribution in [1.82, 2.24) is 10.2 Å². The molecule has 1 fully saturated rings. The Hall–Kier alpha value is -1.61. The molecule has 9 heteroatoms. The highest BCUT2D eigenvalue weighted by atomic mass is 35.5. The van der Waals surface area contributed by atoms with Gasteiger partial charge in [-0.3, -0.25) is 9.52 Å². The number of sulfonamides is 1. The summed E-state index contributed by atoms with van der Waals surface area (Å²) >= 11 is 1.15. The molecule has 1 saturated heterocycles. The van der Waals surface area contributed by atoms with Gasteiger partial charge in [0.2, 0.25) is 0 Å². The highest BCUT2D eigenvalue weighted by Gasteiger charge is 2.19. The molecule has 2 heterocycles. The summed E-state index contributed by atoms with van der Waals surface area (Å²) in [6, 6.07) is 9.87. The van der Waals surface area contributed by atoms with Gasteiger partial charge in [0.15, 0.2) is 0 Å². The molecular formula is C16H20ClN3O3S2. The Morgan fingerprint density at radius 3 is 2.76 bits per heavy atom. The molecule has 2 aromatic rings. The Bertz CT molecular complexity index is 802. The van der Waals surface area contributed by atoms with Gasteiger partial charge in [-0.15, -0.1) is 23.7 Å². The number of nitrogens with one attached hydrogen (secondary N) is 2. The number of halogens is 1. The predicted molar refractivity (Wildman–Crippen MR) is 102 cm³/mol. The van der Waals surface area contributed by atoms with E-state index in [2.05, 4.69) is 10.0 Å². The van der Waals surface area contributed by atoms with Crippen LogP contribution in [-0.4, -0.2) is 45.4 Å². The summed E-state index contributed by atoms with van der Waals surface area (Å²) in [5.41, 5.74) is 0.880. The number of amides is 1. The number of carbonyl (C=O) groups excluding carboxylic acids is 1. The molecule has 0 aliphatic carbocycles. The Morgan fingerprint density at radius 1 is 1.16 bits per heavy atom. The molecule has 0 saturated carbocycles. The highest BCUT2D eigenvalue weighted by molar-refractivity contribution is 7.94. The molecule has 1 aromatic carbocycles. The number of nitrogens with zero attached hydrogens (tertiary/aromatic N) is 1. The molecule has 6 nitrogen and oxygen atoms in total. The third-order valence-corrected chi connectivity index (χ3v) is 6.53. The normalized spacial score (nSPS) is 15.1. The number of thiophene rings is 1. The molecule has 25 heavy (non-hydrogen) atoms. The van der Waals surface area contributed by atoms with E-state index >= 15 is 0 Å². The second-order valence-corrected chi connectivity index (χ2v) is 8.37. The molecule has 136 valence electrons. The second kappa shape index (κ2) is 8.66. The number of hydrogen-bond donors (Lipinski definition) is 2. The van der Waals surface area contributed by atoms with E-state index in [4.69, 9.17) is 0 Å². The monoisotopic (exact) mass is 401 g/mol. The molecule has 3 rings (SSSR count). The summed E-state index contributed by atoms with van der Waals surface area (Å²) in [4.78, 5) is 14.4. The molecule has 1 aliphatic rings. The van der Waals surface area contributed by atoms with E-state index in [-0.39, 0.29) is 22.5 Å². The average molecular weight is 402 g/mol. The zero-order valence-electron chi connectivity index (χ0n) is 13.5. The van der Waals surface area contributed by atoms with Crippen molar-refractivity contribution in [2.75, 3.05) is 30.9 Å². The maximum absolute atomic E-state index is 12.6. The van der Waals surface area contributed by atoms with Crippen LogP contribution in [0, 0.1) is 0 Å². The smallest absolute Gasteiger partial charge is 0.271 e. The topological polar surface area (TPSA) is 78.5 Å². The van der Waals surface area contributed by atoms with Crippen LogP contribution in [0.15, 0.2) is 46.0 Å². The van der Waals surface area contributed by atoms with Gasteiger partial charge in [0, 0.05) is 30.9 Å². The molecule has 0 spiro atoms. The lowest BCUT2D eigenvalue weighted by Gasteiger charge is -2.20. The molecule has 1 amide bonds. The van der Waals surface area contributed by atoms with E-state index in [9.17, 15) is 13.2 Å². The Morgan fingerprint density at radius 2 is 2.00 bits per heavy atom. The Kier molecular flexibility index (Phi) is 6.83. The van der Waals surface area contributed by atoms with E-state index in [0.717, 1.165) is 30.8 Å². The Balaban J connectivity index is 0.00000225. The first kappa shape index (κ1) is 19.7. The lowest BCUT2D eigenvalue weighted by atomic mass is 10.1. The van der Waals surface area contributed by atoms with E-state index in [1.165, 1.54) is 0 Å². The molecule has 0 atom stereocenters. The van der Waals surface area contributed by atoms with Crippen molar-refractivity contribution in [2.45, 2.75) is 10.6 Å². The highest BCUT2D eigenvalue weighted by Crippen LogP contribution is 2.21. The van der Waals surface area contributed by atoms with Gasteiger partial charge in [-0.1, -0.05) is 12.1 Å². The molecule has 1 aromatic heterocycles. The zero-order chi connectivity index (χ0) is 17.0. The minimum Gasteiger partial charge on any atom is -0.337 e. The van der Waals surface area contributed by atoms with Crippen LogP contribution in [0.2, 0.25) is 0 Å².